The Bertz CT molecular complexity index is 1620. The third-order valence-corrected chi connectivity index (χ3v) is 6.18. The molecule has 0 spiro atoms. The Morgan fingerprint density at radius 3 is 2.45 bits per heavy atom. The van der Waals surface area contributed by atoms with Crippen LogP contribution in [0, 0.1) is 0 Å². The normalized spacial score (nSPS) is 11.5. The molecule has 0 atom stereocenters. The maximum Gasteiger partial charge on any atom is 0.303 e. The van der Waals surface area contributed by atoms with Crippen molar-refractivity contribution in [2.75, 3.05) is 0 Å². The fourth-order valence-electron chi connectivity index (χ4n) is 4.63. The van der Waals surface area contributed by atoms with Crippen LogP contribution in [0.1, 0.15) is 12.0 Å². The van der Waals surface area contributed by atoms with E-state index in [0.717, 1.165) is 44.6 Å². The molecular weight excluding hydrogens is 410 g/mol. The molecule has 160 valence electrons. The molecule has 6 rings (SSSR count). The van der Waals surface area contributed by atoms with E-state index in [4.69, 9.17) is 9.52 Å². The SMILES string of the molecule is O=C(O)CCc1cccc(-n2c(-c3cc4ccccc4o3)cc3c4ccccc4ccc32)c1. The topological polar surface area (TPSA) is 55.4 Å². The lowest BCUT2D eigenvalue weighted by atomic mass is 10.1. The number of aryl methyl sites for hydroxylation is 1. The molecule has 0 fully saturated rings. The van der Waals surface area contributed by atoms with E-state index in [0.29, 0.717) is 6.42 Å². The number of carboxylic acids is 1. The van der Waals surface area contributed by atoms with Gasteiger partial charge in [0, 0.05) is 22.9 Å². The van der Waals surface area contributed by atoms with Crippen LogP contribution in [-0.4, -0.2) is 15.6 Å². The summed E-state index contributed by atoms with van der Waals surface area (Å²) in [7, 11) is 0. The molecule has 1 N–H and O–H groups in total. The molecule has 4 heteroatoms. The summed E-state index contributed by atoms with van der Waals surface area (Å²) in [5.74, 6) is 0.00803. The van der Waals surface area contributed by atoms with Gasteiger partial charge in [-0.05, 0) is 59.2 Å². The number of rotatable bonds is 5. The lowest BCUT2D eigenvalue weighted by molar-refractivity contribution is -0.136. The number of para-hydroxylation sites is 1. The molecule has 2 heterocycles. The van der Waals surface area contributed by atoms with Crippen LogP contribution in [0.4, 0.5) is 0 Å². The van der Waals surface area contributed by atoms with Crippen molar-refractivity contribution in [1.29, 1.82) is 0 Å². The predicted octanol–water partition coefficient (Wildman–Crippen LogP) is 7.21. The molecule has 4 aromatic carbocycles. The number of carboxylic acid groups (broad SMARTS) is 1. The number of nitrogens with zero attached hydrogens (tertiary/aromatic N) is 1. The minimum Gasteiger partial charge on any atom is -0.481 e. The quantitative estimate of drug-likeness (QED) is 0.314. The van der Waals surface area contributed by atoms with Crippen LogP contribution < -0.4 is 0 Å². The first-order chi connectivity index (χ1) is 16.2. The van der Waals surface area contributed by atoms with Gasteiger partial charge in [0.05, 0.1) is 11.2 Å². The molecule has 0 saturated carbocycles. The van der Waals surface area contributed by atoms with Crippen molar-refractivity contribution in [3.05, 3.63) is 103 Å². The largest absolute Gasteiger partial charge is 0.481 e. The molecule has 2 aromatic heterocycles. The average Bonchev–Trinajstić information content (AvgIpc) is 3.44. The highest BCUT2D eigenvalue weighted by molar-refractivity contribution is 6.09. The van der Waals surface area contributed by atoms with Crippen LogP contribution in [0.5, 0.6) is 0 Å². The van der Waals surface area contributed by atoms with Gasteiger partial charge < -0.3 is 14.1 Å². The Kier molecular flexibility index (Phi) is 4.51. The van der Waals surface area contributed by atoms with Gasteiger partial charge in [0.25, 0.3) is 0 Å². The van der Waals surface area contributed by atoms with Gasteiger partial charge in [-0.25, -0.2) is 0 Å². The van der Waals surface area contributed by atoms with E-state index in [9.17, 15) is 4.79 Å². The van der Waals surface area contributed by atoms with Crippen molar-refractivity contribution in [2.24, 2.45) is 0 Å². The zero-order chi connectivity index (χ0) is 22.4. The lowest BCUT2D eigenvalue weighted by Crippen LogP contribution is -2.00. The highest BCUT2D eigenvalue weighted by Gasteiger charge is 2.18. The number of benzene rings is 4. The molecule has 6 aromatic rings. The first kappa shape index (κ1) is 19.4. The van der Waals surface area contributed by atoms with Gasteiger partial charge in [0.1, 0.15) is 5.58 Å². The van der Waals surface area contributed by atoms with Gasteiger partial charge >= 0.3 is 5.97 Å². The number of furan rings is 1. The molecule has 4 nitrogen and oxygen atoms in total. The molecule has 0 aliphatic heterocycles. The minimum absolute atomic E-state index is 0.108. The molecule has 0 amide bonds. The molecule has 0 bridgehead atoms. The smallest absolute Gasteiger partial charge is 0.303 e. The Balaban J connectivity index is 1.62. The van der Waals surface area contributed by atoms with Crippen molar-refractivity contribution in [3.8, 4) is 17.1 Å². The predicted molar refractivity (Wildman–Crippen MR) is 132 cm³/mol. The maximum atomic E-state index is 11.1. The standard InChI is InChI=1S/C29H21NO3/c31-29(32)15-12-19-6-5-9-22(16-19)30-25-14-13-20-7-1-3-10-23(20)24(25)18-26(30)28-17-21-8-2-4-11-27(21)33-28/h1-11,13-14,16-18H,12,15H2,(H,31,32). The molecule has 0 saturated heterocycles. The third-order valence-electron chi connectivity index (χ3n) is 6.18. The minimum atomic E-state index is -0.791. The van der Waals surface area contributed by atoms with Gasteiger partial charge in [-0.1, -0.05) is 60.7 Å². The first-order valence-corrected chi connectivity index (χ1v) is 11.0. The fraction of sp³-hybridized carbons (Fsp3) is 0.0690. The van der Waals surface area contributed by atoms with Gasteiger partial charge in [-0.3, -0.25) is 4.79 Å². The molecular formula is C29H21NO3. The van der Waals surface area contributed by atoms with Crippen LogP contribution in [0.3, 0.4) is 0 Å². The van der Waals surface area contributed by atoms with Gasteiger partial charge in [0.15, 0.2) is 5.76 Å². The summed E-state index contributed by atoms with van der Waals surface area (Å²) in [5.41, 5.74) is 4.88. The van der Waals surface area contributed by atoms with Crippen molar-refractivity contribution < 1.29 is 14.3 Å². The molecule has 0 radical (unpaired) electrons. The zero-order valence-corrected chi connectivity index (χ0v) is 17.9. The van der Waals surface area contributed by atoms with Crippen molar-refractivity contribution >= 4 is 38.6 Å². The average molecular weight is 431 g/mol. The highest BCUT2D eigenvalue weighted by atomic mass is 16.4. The summed E-state index contributed by atoms with van der Waals surface area (Å²) in [4.78, 5) is 11.1. The van der Waals surface area contributed by atoms with Crippen molar-refractivity contribution in [2.45, 2.75) is 12.8 Å². The summed E-state index contributed by atoms with van der Waals surface area (Å²) in [5, 5.41) is 13.7. The Labute approximate surface area is 190 Å². The number of fused-ring (bicyclic) bond motifs is 4. The second-order valence-electron chi connectivity index (χ2n) is 8.30. The lowest BCUT2D eigenvalue weighted by Gasteiger charge is -2.12. The summed E-state index contributed by atoms with van der Waals surface area (Å²) in [6.07, 6.45) is 0.599. The summed E-state index contributed by atoms with van der Waals surface area (Å²) in [6, 6.07) is 33.1. The van der Waals surface area contributed by atoms with Gasteiger partial charge in [0.2, 0.25) is 0 Å². The number of hydrogen-bond donors (Lipinski definition) is 1. The Morgan fingerprint density at radius 2 is 1.61 bits per heavy atom. The van der Waals surface area contributed by atoms with E-state index in [-0.39, 0.29) is 6.42 Å². The molecule has 0 unspecified atom stereocenters. The van der Waals surface area contributed by atoms with Crippen molar-refractivity contribution in [3.63, 3.8) is 0 Å². The van der Waals surface area contributed by atoms with Crippen LogP contribution in [0.2, 0.25) is 0 Å². The second kappa shape index (κ2) is 7.68. The van der Waals surface area contributed by atoms with Crippen LogP contribution >= 0.6 is 0 Å². The molecule has 0 aliphatic rings. The maximum absolute atomic E-state index is 11.1. The van der Waals surface area contributed by atoms with E-state index in [1.807, 2.05) is 30.3 Å². The van der Waals surface area contributed by atoms with E-state index in [1.165, 1.54) is 10.8 Å². The van der Waals surface area contributed by atoms with Crippen molar-refractivity contribution in [1.82, 2.24) is 4.57 Å². The number of aromatic nitrogens is 1. The fourth-order valence-corrected chi connectivity index (χ4v) is 4.63. The van der Waals surface area contributed by atoms with E-state index in [2.05, 4.69) is 71.3 Å². The van der Waals surface area contributed by atoms with E-state index >= 15 is 0 Å². The monoisotopic (exact) mass is 431 g/mol. The van der Waals surface area contributed by atoms with Crippen LogP contribution in [0.15, 0.2) is 101 Å². The molecule has 0 aliphatic carbocycles. The number of hydrogen-bond acceptors (Lipinski definition) is 2. The summed E-state index contributed by atoms with van der Waals surface area (Å²) in [6.45, 7) is 0. The van der Waals surface area contributed by atoms with Crippen LogP contribution in [0.25, 0.3) is 49.8 Å². The van der Waals surface area contributed by atoms with E-state index in [1.54, 1.807) is 0 Å². The molecule has 33 heavy (non-hydrogen) atoms. The zero-order valence-electron chi connectivity index (χ0n) is 17.9. The first-order valence-electron chi connectivity index (χ1n) is 11.0. The summed E-state index contributed by atoms with van der Waals surface area (Å²) < 4.78 is 8.48. The van der Waals surface area contributed by atoms with Crippen LogP contribution in [-0.2, 0) is 11.2 Å². The number of carbonyl (C=O) groups is 1. The van der Waals surface area contributed by atoms with Gasteiger partial charge in [-0.2, -0.15) is 0 Å². The second-order valence-corrected chi connectivity index (χ2v) is 8.30. The number of aliphatic carboxylic acids is 1. The Morgan fingerprint density at radius 1 is 0.788 bits per heavy atom. The summed E-state index contributed by atoms with van der Waals surface area (Å²) >= 11 is 0. The van der Waals surface area contributed by atoms with E-state index < -0.39 is 5.97 Å². The Hall–Kier alpha value is -4.31. The third kappa shape index (κ3) is 3.37. The van der Waals surface area contributed by atoms with Gasteiger partial charge in [-0.15, -0.1) is 0 Å². The highest BCUT2D eigenvalue weighted by Crippen LogP contribution is 2.37.